The van der Waals surface area contributed by atoms with E-state index in [0.717, 1.165) is 16.9 Å². The molecule has 0 bridgehead atoms. The SMILES string of the molecule is CCCOC(=O)c1c(-c2cccs2)csc1N. The van der Waals surface area contributed by atoms with Crippen molar-refractivity contribution < 1.29 is 9.53 Å². The van der Waals surface area contributed by atoms with E-state index in [1.165, 1.54) is 11.3 Å². The molecule has 0 unspecified atom stereocenters. The van der Waals surface area contributed by atoms with Gasteiger partial charge in [0, 0.05) is 15.8 Å². The molecule has 0 aliphatic carbocycles. The summed E-state index contributed by atoms with van der Waals surface area (Å²) in [6.07, 6.45) is 0.810. The van der Waals surface area contributed by atoms with Crippen molar-refractivity contribution in [3.63, 3.8) is 0 Å². The summed E-state index contributed by atoms with van der Waals surface area (Å²) in [5.41, 5.74) is 7.23. The molecule has 0 saturated carbocycles. The normalized spacial score (nSPS) is 10.4. The number of hydrogen-bond donors (Lipinski definition) is 1. The Balaban J connectivity index is 2.33. The van der Waals surface area contributed by atoms with Gasteiger partial charge in [-0.15, -0.1) is 22.7 Å². The summed E-state index contributed by atoms with van der Waals surface area (Å²) in [5.74, 6) is -0.325. The molecule has 2 aromatic rings. The van der Waals surface area contributed by atoms with Crippen LogP contribution in [0.15, 0.2) is 22.9 Å². The van der Waals surface area contributed by atoms with Crippen LogP contribution in [-0.2, 0) is 4.74 Å². The second-order valence-corrected chi connectivity index (χ2v) is 5.36. The van der Waals surface area contributed by atoms with Gasteiger partial charge in [0.05, 0.1) is 6.61 Å². The van der Waals surface area contributed by atoms with Crippen molar-refractivity contribution >= 4 is 33.6 Å². The zero-order chi connectivity index (χ0) is 12.3. The molecular weight excluding hydrogens is 254 g/mol. The molecule has 2 rings (SSSR count). The molecular formula is C12H13NO2S2. The highest BCUT2D eigenvalue weighted by Crippen LogP contribution is 2.36. The maximum atomic E-state index is 11.9. The summed E-state index contributed by atoms with van der Waals surface area (Å²) >= 11 is 2.96. The van der Waals surface area contributed by atoms with Gasteiger partial charge in [0.15, 0.2) is 0 Å². The Kier molecular flexibility index (Phi) is 3.81. The fourth-order valence-electron chi connectivity index (χ4n) is 1.46. The number of nitrogens with two attached hydrogens (primary N) is 1. The predicted octanol–water partition coefficient (Wildman–Crippen LogP) is 3.63. The smallest absolute Gasteiger partial charge is 0.341 e. The Labute approximate surface area is 108 Å². The predicted molar refractivity (Wildman–Crippen MR) is 72.6 cm³/mol. The first-order valence-corrected chi connectivity index (χ1v) is 7.08. The highest BCUT2D eigenvalue weighted by Gasteiger charge is 2.20. The van der Waals surface area contributed by atoms with Crippen LogP contribution < -0.4 is 5.73 Å². The zero-order valence-electron chi connectivity index (χ0n) is 9.43. The van der Waals surface area contributed by atoms with E-state index >= 15 is 0 Å². The van der Waals surface area contributed by atoms with Crippen molar-refractivity contribution in [2.75, 3.05) is 12.3 Å². The number of rotatable bonds is 4. The Morgan fingerprint density at radius 2 is 2.29 bits per heavy atom. The molecule has 0 aliphatic heterocycles. The van der Waals surface area contributed by atoms with E-state index in [1.807, 2.05) is 29.8 Å². The van der Waals surface area contributed by atoms with Gasteiger partial charge in [-0.1, -0.05) is 13.0 Å². The van der Waals surface area contributed by atoms with Crippen LogP contribution in [0.1, 0.15) is 23.7 Å². The average molecular weight is 267 g/mol. The van der Waals surface area contributed by atoms with Crippen molar-refractivity contribution in [3.05, 3.63) is 28.5 Å². The first-order valence-electron chi connectivity index (χ1n) is 5.32. The van der Waals surface area contributed by atoms with Crippen LogP contribution >= 0.6 is 22.7 Å². The minimum absolute atomic E-state index is 0.325. The van der Waals surface area contributed by atoms with Gasteiger partial charge >= 0.3 is 5.97 Å². The summed E-state index contributed by atoms with van der Waals surface area (Å²) < 4.78 is 5.15. The molecule has 0 radical (unpaired) electrons. The quantitative estimate of drug-likeness (QED) is 0.861. The lowest BCUT2D eigenvalue weighted by molar-refractivity contribution is 0.0508. The zero-order valence-corrected chi connectivity index (χ0v) is 11.1. The van der Waals surface area contributed by atoms with Crippen molar-refractivity contribution in [3.8, 4) is 10.4 Å². The van der Waals surface area contributed by atoms with E-state index in [2.05, 4.69) is 0 Å². The molecule has 0 amide bonds. The third-order valence-corrected chi connectivity index (χ3v) is 3.96. The van der Waals surface area contributed by atoms with Crippen LogP contribution in [-0.4, -0.2) is 12.6 Å². The lowest BCUT2D eigenvalue weighted by Gasteiger charge is -2.04. The molecule has 3 nitrogen and oxygen atoms in total. The van der Waals surface area contributed by atoms with E-state index in [9.17, 15) is 4.79 Å². The van der Waals surface area contributed by atoms with Gasteiger partial charge in [0.2, 0.25) is 0 Å². The molecule has 2 aromatic heterocycles. The Hall–Kier alpha value is -1.33. The summed E-state index contributed by atoms with van der Waals surface area (Å²) in [4.78, 5) is 13.0. The van der Waals surface area contributed by atoms with Gasteiger partial charge < -0.3 is 10.5 Å². The van der Waals surface area contributed by atoms with Crippen molar-refractivity contribution in [1.29, 1.82) is 0 Å². The topological polar surface area (TPSA) is 52.3 Å². The number of anilines is 1. The highest BCUT2D eigenvalue weighted by molar-refractivity contribution is 7.16. The van der Waals surface area contributed by atoms with E-state index in [4.69, 9.17) is 10.5 Å². The van der Waals surface area contributed by atoms with Crippen LogP contribution in [0, 0.1) is 0 Å². The maximum Gasteiger partial charge on any atom is 0.341 e. The summed E-state index contributed by atoms with van der Waals surface area (Å²) in [6.45, 7) is 2.39. The van der Waals surface area contributed by atoms with E-state index in [1.54, 1.807) is 11.3 Å². The molecule has 2 N–H and O–H groups in total. The molecule has 0 spiro atoms. The summed E-state index contributed by atoms with van der Waals surface area (Å²) in [5, 5.41) is 4.41. The van der Waals surface area contributed by atoms with Gasteiger partial charge in [0.1, 0.15) is 10.6 Å². The molecule has 0 saturated heterocycles. The number of ether oxygens (including phenoxy) is 1. The molecule has 2 heterocycles. The van der Waals surface area contributed by atoms with Crippen LogP contribution in [0.25, 0.3) is 10.4 Å². The summed E-state index contributed by atoms with van der Waals surface area (Å²) in [6, 6.07) is 3.93. The minimum Gasteiger partial charge on any atom is -0.462 e. The number of thiophene rings is 2. The fourth-order valence-corrected chi connectivity index (χ4v) is 3.09. The standard InChI is InChI=1S/C12H13NO2S2/c1-2-5-15-12(14)10-8(7-17-11(10)13)9-4-3-6-16-9/h3-4,6-7H,2,5,13H2,1H3. The van der Waals surface area contributed by atoms with Crippen molar-refractivity contribution in [2.45, 2.75) is 13.3 Å². The van der Waals surface area contributed by atoms with Gasteiger partial charge in [0.25, 0.3) is 0 Å². The molecule has 0 fully saturated rings. The first-order chi connectivity index (χ1) is 8.24. The molecule has 0 aromatic carbocycles. The number of nitrogen functional groups attached to an aromatic ring is 1. The minimum atomic E-state index is -0.325. The number of carbonyl (C=O) groups is 1. The second kappa shape index (κ2) is 5.33. The first kappa shape index (κ1) is 12.1. The molecule has 5 heteroatoms. The second-order valence-electron chi connectivity index (χ2n) is 3.50. The van der Waals surface area contributed by atoms with Crippen molar-refractivity contribution in [1.82, 2.24) is 0 Å². The molecule has 0 atom stereocenters. The van der Waals surface area contributed by atoms with Gasteiger partial charge in [-0.05, 0) is 17.9 Å². The number of hydrogen-bond acceptors (Lipinski definition) is 5. The molecule has 90 valence electrons. The highest BCUT2D eigenvalue weighted by atomic mass is 32.1. The molecule has 0 aliphatic rings. The van der Waals surface area contributed by atoms with Crippen LogP contribution in [0.2, 0.25) is 0 Å². The number of esters is 1. The lowest BCUT2D eigenvalue weighted by Crippen LogP contribution is -2.08. The Morgan fingerprint density at radius 3 is 2.94 bits per heavy atom. The Morgan fingerprint density at radius 1 is 1.47 bits per heavy atom. The van der Waals surface area contributed by atoms with Gasteiger partial charge in [-0.3, -0.25) is 0 Å². The largest absolute Gasteiger partial charge is 0.462 e. The average Bonchev–Trinajstić information content (AvgIpc) is 2.94. The van der Waals surface area contributed by atoms with Gasteiger partial charge in [-0.25, -0.2) is 4.79 Å². The molecule has 17 heavy (non-hydrogen) atoms. The van der Waals surface area contributed by atoms with E-state index in [0.29, 0.717) is 17.2 Å². The third kappa shape index (κ3) is 2.50. The lowest BCUT2D eigenvalue weighted by atomic mass is 10.1. The van der Waals surface area contributed by atoms with Crippen LogP contribution in [0.5, 0.6) is 0 Å². The number of carbonyl (C=O) groups excluding carboxylic acids is 1. The van der Waals surface area contributed by atoms with E-state index < -0.39 is 0 Å². The third-order valence-electron chi connectivity index (χ3n) is 2.25. The van der Waals surface area contributed by atoms with Crippen molar-refractivity contribution in [2.24, 2.45) is 0 Å². The maximum absolute atomic E-state index is 11.9. The summed E-state index contributed by atoms with van der Waals surface area (Å²) in [7, 11) is 0. The monoisotopic (exact) mass is 267 g/mol. The van der Waals surface area contributed by atoms with E-state index in [-0.39, 0.29) is 5.97 Å². The van der Waals surface area contributed by atoms with Crippen LogP contribution in [0.3, 0.4) is 0 Å². The Bertz CT molecular complexity index is 503. The van der Waals surface area contributed by atoms with Gasteiger partial charge in [-0.2, -0.15) is 0 Å². The van der Waals surface area contributed by atoms with Crippen LogP contribution in [0.4, 0.5) is 5.00 Å². The fraction of sp³-hybridized carbons (Fsp3) is 0.250.